The fraction of sp³-hybridized carbons (Fsp3) is 0.111. The summed E-state index contributed by atoms with van der Waals surface area (Å²) in [6, 6.07) is 6.28. The molecule has 0 aliphatic carbocycles. The minimum absolute atomic E-state index is 0.260. The number of nitrogens with one attached hydrogen (secondary N) is 1. The summed E-state index contributed by atoms with van der Waals surface area (Å²) in [7, 11) is 1.33. The van der Waals surface area contributed by atoms with Gasteiger partial charge in [0.1, 0.15) is 6.07 Å². The zero-order valence-corrected chi connectivity index (χ0v) is 8.13. The number of rotatable bonds is 2. The average Bonchev–Trinajstić information content (AvgIpc) is 2.19. The van der Waals surface area contributed by atoms with E-state index in [-0.39, 0.29) is 5.56 Å². The maximum atomic E-state index is 11.2. The van der Waals surface area contributed by atoms with E-state index in [9.17, 15) is 4.79 Å². The molecule has 0 aromatic heterocycles. The third kappa shape index (κ3) is 2.22. The minimum atomic E-state index is -0.416. The van der Waals surface area contributed by atoms with Crippen molar-refractivity contribution in [3.05, 3.63) is 34.3 Å². The Morgan fingerprint density at radius 1 is 1.64 bits per heavy atom. The highest BCUT2D eigenvalue weighted by Gasteiger charge is 2.07. The van der Waals surface area contributed by atoms with Gasteiger partial charge in [0, 0.05) is 5.56 Å². The van der Waals surface area contributed by atoms with Gasteiger partial charge in [0.2, 0.25) is 0 Å². The predicted octanol–water partition coefficient (Wildman–Crippen LogP) is 1.50. The second kappa shape index (κ2) is 4.61. The molecule has 14 heavy (non-hydrogen) atoms. The van der Waals surface area contributed by atoms with E-state index in [2.05, 4.69) is 10.3 Å². The molecule has 4 nitrogen and oxygen atoms in total. The van der Waals surface area contributed by atoms with E-state index in [1.807, 2.05) is 6.07 Å². The fourth-order valence-corrected chi connectivity index (χ4v) is 1.06. The van der Waals surface area contributed by atoms with E-state index in [4.69, 9.17) is 16.9 Å². The molecule has 0 spiro atoms. The molecule has 1 aromatic rings. The molecular weight excluding hydrogens is 204 g/mol. The summed E-state index contributed by atoms with van der Waals surface area (Å²) in [6.07, 6.45) is 0. The Labute approximate surface area is 86.0 Å². The van der Waals surface area contributed by atoms with Crippen molar-refractivity contribution in [1.82, 2.24) is 5.48 Å². The van der Waals surface area contributed by atoms with Gasteiger partial charge in [-0.1, -0.05) is 11.6 Å². The van der Waals surface area contributed by atoms with Crippen LogP contribution in [0, 0.1) is 11.3 Å². The van der Waals surface area contributed by atoms with Gasteiger partial charge in [-0.2, -0.15) is 5.26 Å². The molecule has 0 atom stereocenters. The summed E-state index contributed by atoms with van der Waals surface area (Å²) in [5.41, 5.74) is 2.73. The van der Waals surface area contributed by atoms with Crippen molar-refractivity contribution in [3.63, 3.8) is 0 Å². The van der Waals surface area contributed by atoms with Gasteiger partial charge >= 0.3 is 0 Å². The van der Waals surface area contributed by atoms with Crippen LogP contribution in [0.5, 0.6) is 0 Å². The van der Waals surface area contributed by atoms with Crippen LogP contribution in [-0.2, 0) is 4.84 Å². The average molecular weight is 211 g/mol. The van der Waals surface area contributed by atoms with E-state index in [1.165, 1.54) is 25.3 Å². The summed E-state index contributed by atoms with van der Waals surface area (Å²) in [6.45, 7) is 0. The second-order valence-electron chi connectivity index (χ2n) is 2.44. The van der Waals surface area contributed by atoms with Crippen LogP contribution < -0.4 is 5.48 Å². The van der Waals surface area contributed by atoms with Gasteiger partial charge in [-0.15, -0.1) is 0 Å². The number of amides is 1. The summed E-state index contributed by atoms with van der Waals surface area (Å²) in [5, 5.41) is 8.98. The number of hydrogen-bond donors (Lipinski definition) is 1. The Morgan fingerprint density at radius 2 is 2.36 bits per heavy atom. The third-order valence-electron chi connectivity index (χ3n) is 1.54. The monoisotopic (exact) mass is 210 g/mol. The zero-order valence-electron chi connectivity index (χ0n) is 7.37. The molecule has 5 heteroatoms. The molecule has 0 aliphatic heterocycles. The summed E-state index contributed by atoms with van der Waals surface area (Å²) in [5.74, 6) is -0.416. The summed E-state index contributed by atoms with van der Waals surface area (Å²) >= 11 is 5.69. The number of halogens is 1. The van der Waals surface area contributed by atoms with Gasteiger partial charge in [-0.3, -0.25) is 9.63 Å². The molecule has 0 saturated heterocycles. The van der Waals surface area contributed by atoms with E-state index in [0.29, 0.717) is 10.6 Å². The van der Waals surface area contributed by atoms with Crippen LogP contribution in [0.1, 0.15) is 15.9 Å². The molecule has 0 bridgehead atoms. The van der Waals surface area contributed by atoms with Gasteiger partial charge in [0.15, 0.2) is 0 Å². The van der Waals surface area contributed by atoms with E-state index >= 15 is 0 Å². The van der Waals surface area contributed by atoms with Gasteiger partial charge in [0.05, 0.1) is 17.7 Å². The molecule has 1 amide bonds. The highest BCUT2D eigenvalue weighted by molar-refractivity contribution is 6.31. The Bertz CT molecular complexity index is 398. The largest absolute Gasteiger partial charge is 0.277 e. The number of hydrogen-bond acceptors (Lipinski definition) is 3. The number of hydroxylamine groups is 1. The van der Waals surface area contributed by atoms with Gasteiger partial charge < -0.3 is 0 Å². The van der Waals surface area contributed by atoms with Crippen LogP contribution in [0.2, 0.25) is 5.02 Å². The number of carbonyl (C=O) groups excluding carboxylic acids is 1. The third-order valence-corrected chi connectivity index (χ3v) is 1.87. The minimum Gasteiger partial charge on any atom is -0.277 e. The maximum absolute atomic E-state index is 11.2. The lowest BCUT2D eigenvalue weighted by atomic mass is 10.1. The molecule has 0 heterocycles. The van der Waals surface area contributed by atoms with Crippen molar-refractivity contribution in [3.8, 4) is 6.07 Å². The first-order valence-electron chi connectivity index (χ1n) is 3.72. The van der Waals surface area contributed by atoms with Crippen LogP contribution in [0.4, 0.5) is 0 Å². The van der Waals surface area contributed by atoms with Gasteiger partial charge in [-0.05, 0) is 18.2 Å². The van der Waals surface area contributed by atoms with Crippen LogP contribution in [-0.4, -0.2) is 13.0 Å². The Morgan fingerprint density at radius 3 is 2.93 bits per heavy atom. The quantitative estimate of drug-likeness (QED) is 0.753. The predicted molar refractivity (Wildman–Crippen MR) is 50.6 cm³/mol. The lowest BCUT2D eigenvalue weighted by molar-refractivity contribution is 0.0537. The first-order chi connectivity index (χ1) is 6.69. The van der Waals surface area contributed by atoms with Crippen LogP contribution in [0.15, 0.2) is 18.2 Å². The van der Waals surface area contributed by atoms with Crippen molar-refractivity contribution in [2.45, 2.75) is 0 Å². The Hall–Kier alpha value is -1.57. The van der Waals surface area contributed by atoms with Crippen LogP contribution >= 0.6 is 11.6 Å². The molecule has 0 saturated carbocycles. The van der Waals surface area contributed by atoms with E-state index in [1.54, 1.807) is 0 Å². The molecule has 1 rings (SSSR count). The summed E-state index contributed by atoms with van der Waals surface area (Å²) < 4.78 is 0. The molecule has 0 unspecified atom stereocenters. The molecule has 1 N–H and O–H groups in total. The molecule has 0 radical (unpaired) electrons. The molecule has 0 fully saturated rings. The first kappa shape index (κ1) is 10.5. The van der Waals surface area contributed by atoms with E-state index in [0.717, 1.165) is 0 Å². The molecular formula is C9H7ClN2O2. The van der Waals surface area contributed by atoms with Crippen LogP contribution in [0.3, 0.4) is 0 Å². The lowest BCUT2D eigenvalue weighted by Gasteiger charge is -2.02. The standard InChI is InChI=1S/C9H7ClN2O2/c1-14-12-9(13)6-2-3-8(10)7(4-6)5-11/h2-4H,1H3,(H,12,13). The first-order valence-corrected chi connectivity index (χ1v) is 4.10. The topological polar surface area (TPSA) is 62.1 Å². The zero-order chi connectivity index (χ0) is 10.6. The Kier molecular flexibility index (Phi) is 3.46. The van der Waals surface area contributed by atoms with Crippen LogP contribution in [0.25, 0.3) is 0 Å². The maximum Gasteiger partial charge on any atom is 0.274 e. The van der Waals surface area contributed by atoms with Gasteiger partial charge in [0.25, 0.3) is 5.91 Å². The number of nitrogens with zero attached hydrogens (tertiary/aromatic N) is 1. The van der Waals surface area contributed by atoms with Crippen molar-refractivity contribution in [2.75, 3.05) is 7.11 Å². The van der Waals surface area contributed by atoms with Crippen molar-refractivity contribution >= 4 is 17.5 Å². The molecule has 1 aromatic carbocycles. The molecule has 0 aliphatic rings. The fourth-order valence-electron chi connectivity index (χ4n) is 0.904. The van der Waals surface area contributed by atoms with Crippen molar-refractivity contribution in [2.24, 2.45) is 0 Å². The highest BCUT2D eigenvalue weighted by atomic mass is 35.5. The molecule has 72 valence electrons. The second-order valence-corrected chi connectivity index (χ2v) is 2.85. The van der Waals surface area contributed by atoms with Crippen molar-refractivity contribution in [1.29, 1.82) is 5.26 Å². The lowest BCUT2D eigenvalue weighted by Crippen LogP contribution is -2.21. The number of benzene rings is 1. The highest BCUT2D eigenvalue weighted by Crippen LogP contribution is 2.16. The normalized spacial score (nSPS) is 9.21. The smallest absolute Gasteiger partial charge is 0.274 e. The SMILES string of the molecule is CONC(=O)c1ccc(Cl)c(C#N)c1. The summed E-state index contributed by atoms with van der Waals surface area (Å²) in [4.78, 5) is 15.7. The van der Waals surface area contributed by atoms with Crippen molar-refractivity contribution < 1.29 is 9.63 Å². The number of nitriles is 1. The Balaban J connectivity index is 3.02. The van der Waals surface area contributed by atoms with E-state index < -0.39 is 5.91 Å². The number of carbonyl (C=O) groups is 1. The van der Waals surface area contributed by atoms with Gasteiger partial charge in [-0.25, -0.2) is 5.48 Å².